The van der Waals surface area contributed by atoms with E-state index in [4.69, 9.17) is 4.74 Å². The van der Waals surface area contributed by atoms with Gasteiger partial charge in [-0.3, -0.25) is 9.80 Å². The van der Waals surface area contributed by atoms with E-state index in [-0.39, 0.29) is 29.4 Å². The van der Waals surface area contributed by atoms with Crippen molar-refractivity contribution in [2.75, 3.05) is 13.3 Å². The van der Waals surface area contributed by atoms with Crippen molar-refractivity contribution in [3.05, 3.63) is 95.0 Å². The first-order valence-corrected chi connectivity index (χ1v) is 12.3. The van der Waals surface area contributed by atoms with Crippen molar-refractivity contribution >= 4 is 17.7 Å². The number of amides is 1. The fourth-order valence-corrected chi connectivity index (χ4v) is 6.14. The van der Waals surface area contributed by atoms with E-state index in [9.17, 15) is 15.0 Å². The van der Waals surface area contributed by atoms with Gasteiger partial charge >= 0.3 is 0 Å². The van der Waals surface area contributed by atoms with Crippen LogP contribution in [-0.2, 0) is 10.5 Å². The first kappa shape index (κ1) is 21.3. The molecule has 7 nitrogen and oxygen atoms in total. The van der Waals surface area contributed by atoms with Crippen molar-refractivity contribution < 1.29 is 19.7 Å². The van der Waals surface area contributed by atoms with Gasteiger partial charge in [0.1, 0.15) is 18.5 Å². The van der Waals surface area contributed by atoms with Crippen LogP contribution in [0.1, 0.15) is 29.7 Å². The summed E-state index contributed by atoms with van der Waals surface area (Å²) in [7, 11) is 0. The van der Waals surface area contributed by atoms with Crippen LogP contribution in [-0.4, -0.2) is 56.5 Å². The molecule has 2 bridgehead atoms. The minimum absolute atomic E-state index is 0.0788. The highest BCUT2D eigenvalue weighted by Crippen LogP contribution is 2.48. The molecule has 174 valence electrons. The summed E-state index contributed by atoms with van der Waals surface area (Å²) < 4.78 is 6.27. The van der Waals surface area contributed by atoms with Gasteiger partial charge in [0.15, 0.2) is 11.5 Å². The molecule has 2 unspecified atom stereocenters. The Morgan fingerprint density at radius 3 is 2.85 bits per heavy atom. The lowest BCUT2D eigenvalue weighted by Crippen LogP contribution is -2.60. The zero-order chi connectivity index (χ0) is 23.4. The summed E-state index contributed by atoms with van der Waals surface area (Å²) in [5.41, 5.74) is 3.40. The molecule has 2 aromatic rings. The largest absolute Gasteiger partial charge is 0.507 e. The number of hydrazine groups is 1. The minimum Gasteiger partial charge on any atom is -0.507 e. The quantitative estimate of drug-likeness (QED) is 0.563. The van der Waals surface area contributed by atoms with Crippen molar-refractivity contribution in [2.45, 2.75) is 35.8 Å². The van der Waals surface area contributed by atoms with E-state index in [1.165, 1.54) is 11.6 Å². The highest BCUT2D eigenvalue weighted by atomic mass is 32.2. The molecule has 2 N–H and O–H groups in total. The fraction of sp³-hybridized carbons (Fsp3) is 0.269. The van der Waals surface area contributed by atoms with Crippen LogP contribution in [0.4, 0.5) is 0 Å². The summed E-state index contributed by atoms with van der Waals surface area (Å²) in [5.74, 6) is 0.942. The Morgan fingerprint density at radius 2 is 1.97 bits per heavy atom. The van der Waals surface area contributed by atoms with Gasteiger partial charge in [0.2, 0.25) is 0 Å². The Balaban J connectivity index is 1.64. The normalized spacial score (nSPS) is 28.7. The molecule has 4 aliphatic rings. The van der Waals surface area contributed by atoms with Gasteiger partial charge in [0.05, 0.1) is 12.7 Å². The number of carbonyl (C=O) groups excluding carboxylic acids is 1. The number of aliphatic hydroxyl groups is 2. The third-order valence-electron chi connectivity index (χ3n) is 6.76. The number of hydrogen-bond acceptors (Lipinski definition) is 7. The highest BCUT2D eigenvalue weighted by Gasteiger charge is 2.45. The highest BCUT2D eigenvalue weighted by molar-refractivity contribution is 7.98. The van der Waals surface area contributed by atoms with Gasteiger partial charge in [-0.2, -0.15) is 5.01 Å². The van der Waals surface area contributed by atoms with Crippen LogP contribution in [0.5, 0.6) is 5.75 Å². The number of hydrogen-bond donors (Lipinski definition) is 2. The summed E-state index contributed by atoms with van der Waals surface area (Å²) in [6.07, 6.45) is 5.83. The van der Waals surface area contributed by atoms with Crippen LogP contribution in [0.15, 0.2) is 83.2 Å². The van der Waals surface area contributed by atoms with E-state index < -0.39 is 6.10 Å². The second-order valence-corrected chi connectivity index (χ2v) is 9.78. The second kappa shape index (κ2) is 8.23. The molecule has 1 amide bonds. The number of ether oxygens (including phenoxy) is 1. The number of rotatable bonds is 0. The summed E-state index contributed by atoms with van der Waals surface area (Å²) in [6.45, 7) is 2.64. The molecule has 0 radical (unpaired) electrons. The maximum Gasteiger partial charge on any atom is 0.277 e. The number of thioether (sulfide) groups is 1. The summed E-state index contributed by atoms with van der Waals surface area (Å²) >= 11 is 1.78. The van der Waals surface area contributed by atoms with Crippen molar-refractivity contribution in [2.24, 2.45) is 0 Å². The SMILES string of the molecule is C[C@H]1/C=C\COc2cccc3c2[C@H](c2ccccc2SC3)N2CN1C(=O)C1=C(O)C(O)C=CN12. The molecule has 4 aliphatic heterocycles. The number of fused-ring (bicyclic) bond motifs is 7. The molecule has 1 saturated heterocycles. The molecule has 34 heavy (non-hydrogen) atoms. The van der Waals surface area contributed by atoms with Crippen LogP contribution in [0.2, 0.25) is 0 Å². The number of nitrogens with zero attached hydrogens (tertiary/aromatic N) is 3. The number of aliphatic hydroxyl groups excluding tert-OH is 2. The molecular weight excluding hydrogens is 450 g/mol. The topological polar surface area (TPSA) is 76.5 Å². The lowest BCUT2D eigenvalue weighted by Gasteiger charge is -2.50. The average Bonchev–Trinajstić information content (AvgIpc) is 3.02. The van der Waals surface area contributed by atoms with Gasteiger partial charge in [-0.05, 0) is 42.3 Å². The maximum absolute atomic E-state index is 13.5. The molecule has 0 saturated carbocycles. The molecule has 4 heterocycles. The molecule has 0 spiro atoms. The van der Waals surface area contributed by atoms with E-state index in [0.29, 0.717) is 13.3 Å². The van der Waals surface area contributed by atoms with Gasteiger partial charge in [0, 0.05) is 28.5 Å². The predicted octanol–water partition coefficient (Wildman–Crippen LogP) is 3.70. The van der Waals surface area contributed by atoms with E-state index in [1.54, 1.807) is 27.9 Å². The van der Waals surface area contributed by atoms with Crippen molar-refractivity contribution in [1.82, 2.24) is 14.9 Å². The Labute approximate surface area is 202 Å². The smallest absolute Gasteiger partial charge is 0.277 e. The lowest BCUT2D eigenvalue weighted by atomic mass is 9.93. The fourth-order valence-electron chi connectivity index (χ4n) is 5.06. The van der Waals surface area contributed by atoms with Crippen molar-refractivity contribution in [3.8, 4) is 5.75 Å². The third kappa shape index (κ3) is 3.25. The Bertz CT molecular complexity index is 1260. The predicted molar refractivity (Wildman–Crippen MR) is 129 cm³/mol. The van der Waals surface area contributed by atoms with Crippen molar-refractivity contribution in [1.29, 1.82) is 0 Å². The van der Waals surface area contributed by atoms with Crippen LogP contribution in [0.3, 0.4) is 0 Å². The van der Waals surface area contributed by atoms with Crippen LogP contribution < -0.4 is 4.74 Å². The van der Waals surface area contributed by atoms with E-state index >= 15 is 0 Å². The van der Waals surface area contributed by atoms with Gasteiger partial charge in [-0.25, -0.2) is 0 Å². The maximum atomic E-state index is 13.5. The summed E-state index contributed by atoms with van der Waals surface area (Å²) in [4.78, 5) is 16.4. The first-order valence-electron chi connectivity index (χ1n) is 11.3. The third-order valence-corrected chi connectivity index (χ3v) is 7.90. The van der Waals surface area contributed by atoms with Crippen LogP contribution in [0, 0.1) is 0 Å². The van der Waals surface area contributed by atoms with E-state index in [2.05, 4.69) is 23.2 Å². The molecule has 1 fully saturated rings. The molecule has 4 atom stereocenters. The molecule has 8 heteroatoms. The zero-order valence-electron chi connectivity index (χ0n) is 18.7. The van der Waals surface area contributed by atoms with Crippen molar-refractivity contribution in [3.63, 3.8) is 0 Å². The molecule has 0 aliphatic carbocycles. The van der Waals surface area contributed by atoms with Gasteiger partial charge in [0.25, 0.3) is 5.91 Å². The standard InChI is InChI=1S/C26H25N3O4S/c1-16-6-5-13-33-20-9-4-7-17-14-34-21-10-3-2-8-18(21)23(22(17)20)29-15-27(16)26(32)24-25(31)19(30)11-12-28(24)29/h2-12,16,19,23,30-31H,13-15H2,1H3/b6-5-/t16-,19?,23-/m0/s1. The summed E-state index contributed by atoms with van der Waals surface area (Å²) in [6, 6.07) is 13.9. The van der Waals surface area contributed by atoms with Gasteiger partial charge < -0.3 is 19.8 Å². The van der Waals surface area contributed by atoms with Gasteiger partial charge in [-0.15, -0.1) is 11.8 Å². The average molecular weight is 476 g/mol. The molecule has 2 aromatic carbocycles. The summed E-state index contributed by atoms with van der Waals surface area (Å²) in [5, 5.41) is 24.9. The number of benzene rings is 2. The zero-order valence-corrected chi connectivity index (χ0v) is 19.5. The Morgan fingerprint density at radius 1 is 1.12 bits per heavy atom. The van der Waals surface area contributed by atoms with Gasteiger partial charge in [-0.1, -0.05) is 36.4 Å². The minimum atomic E-state index is -1.22. The molecule has 0 aromatic heterocycles. The first-order chi connectivity index (χ1) is 16.5. The van der Waals surface area contributed by atoms with Crippen LogP contribution in [0.25, 0.3) is 0 Å². The Kier molecular flexibility index (Phi) is 5.17. The van der Waals surface area contributed by atoms with E-state index in [1.807, 2.05) is 43.3 Å². The lowest BCUT2D eigenvalue weighted by molar-refractivity contribution is -0.152. The number of carbonyl (C=O) groups is 1. The monoisotopic (exact) mass is 475 g/mol. The Hall–Kier alpha value is -3.20. The van der Waals surface area contributed by atoms with E-state index in [0.717, 1.165) is 27.5 Å². The molecule has 6 rings (SSSR count). The van der Waals surface area contributed by atoms with Crippen LogP contribution >= 0.6 is 11.8 Å². The molecular formula is C26H25N3O4S. The second-order valence-electron chi connectivity index (χ2n) is 8.76.